The molecule has 0 aromatic rings. The van der Waals surface area contributed by atoms with Crippen LogP contribution in [0.2, 0.25) is 0 Å². The third-order valence-corrected chi connectivity index (χ3v) is 4.45. The fourth-order valence-electron chi connectivity index (χ4n) is 2.65. The zero-order valence-corrected chi connectivity index (χ0v) is 17.4. The number of hydrogen-bond acceptors (Lipinski definition) is 3. The highest BCUT2D eigenvalue weighted by Gasteiger charge is 2.27. The number of likely N-dealkylation sites (N-methyl/N-ethyl adjacent to an activating group) is 1. The van der Waals surface area contributed by atoms with E-state index >= 15 is 0 Å². The molecular formula is C16H36IN5. The summed E-state index contributed by atoms with van der Waals surface area (Å²) in [4.78, 5) is 9.20. The van der Waals surface area contributed by atoms with Crippen LogP contribution in [0.15, 0.2) is 4.99 Å². The smallest absolute Gasteiger partial charge is 0.191 e. The van der Waals surface area contributed by atoms with Gasteiger partial charge < -0.3 is 15.5 Å². The lowest BCUT2D eigenvalue weighted by molar-refractivity contribution is 0.0982. The van der Waals surface area contributed by atoms with Gasteiger partial charge >= 0.3 is 0 Å². The molecule has 0 bridgehead atoms. The van der Waals surface area contributed by atoms with E-state index in [2.05, 4.69) is 53.2 Å². The normalized spacial score (nSPS) is 17.3. The quantitative estimate of drug-likeness (QED) is 0.372. The number of hydrogen-bond donors (Lipinski definition) is 2. The monoisotopic (exact) mass is 425 g/mol. The van der Waals surface area contributed by atoms with Crippen LogP contribution in [-0.2, 0) is 0 Å². The van der Waals surface area contributed by atoms with Gasteiger partial charge in [0, 0.05) is 32.2 Å². The van der Waals surface area contributed by atoms with Gasteiger partial charge in [-0.25, -0.2) is 0 Å². The van der Waals surface area contributed by atoms with E-state index in [0.717, 1.165) is 32.1 Å². The second kappa shape index (κ2) is 11.5. The summed E-state index contributed by atoms with van der Waals surface area (Å²) in [6, 6.07) is 0. The minimum Gasteiger partial charge on any atom is -0.355 e. The van der Waals surface area contributed by atoms with Crippen LogP contribution in [0, 0.1) is 0 Å². The summed E-state index contributed by atoms with van der Waals surface area (Å²) in [5, 5.41) is 6.87. The molecule has 22 heavy (non-hydrogen) atoms. The van der Waals surface area contributed by atoms with E-state index in [9.17, 15) is 0 Å². The summed E-state index contributed by atoms with van der Waals surface area (Å²) in [6.07, 6.45) is 4.05. The predicted octanol–water partition coefficient (Wildman–Crippen LogP) is 1.99. The van der Waals surface area contributed by atoms with Crippen LogP contribution in [-0.4, -0.2) is 74.7 Å². The van der Waals surface area contributed by atoms with E-state index in [1.54, 1.807) is 0 Å². The van der Waals surface area contributed by atoms with Crippen molar-refractivity contribution in [3.8, 4) is 0 Å². The first-order valence-corrected chi connectivity index (χ1v) is 8.37. The Morgan fingerprint density at radius 1 is 1.18 bits per heavy atom. The molecule has 1 aliphatic heterocycles. The van der Waals surface area contributed by atoms with Crippen molar-refractivity contribution < 1.29 is 0 Å². The minimum absolute atomic E-state index is 0. The van der Waals surface area contributed by atoms with E-state index in [1.807, 2.05) is 7.05 Å². The number of rotatable bonds is 7. The third-order valence-electron chi connectivity index (χ3n) is 4.45. The van der Waals surface area contributed by atoms with Crippen molar-refractivity contribution in [1.29, 1.82) is 0 Å². The van der Waals surface area contributed by atoms with Crippen LogP contribution in [0.4, 0.5) is 0 Å². The SMILES string of the molecule is CCN(C)CCNC(=NC)NCC(C)(C)N1CCCCC1.I. The van der Waals surface area contributed by atoms with E-state index in [0.29, 0.717) is 0 Å². The molecule has 1 heterocycles. The molecule has 0 unspecified atom stereocenters. The maximum absolute atomic E-state index is 4.32. The van der Waals surface area contributed by atoms with Crippen LogP contribution in [0.1, 0.15) is 40.0 Å². The summed E-state index contributed by atoms with van der Waals surface area (Å²) in [5.74, 6) is 0.907. The first-order valence-electron chi connectivity index (χ1n) is 8.37. The van der Waals surface area contributed by atoms with Gasteiger partial charge in [-0.3, -0.25) is 9.89 Å². The molecule has 0 spiro atoms. The maximum Gasteiger partial charge on any atom is 0.191 e. The number of nitrogens with one attached hydrogen (secondary N) is 2. The molecule has 0 aliphatic carbocycles. The summed E-state index contributed by atoms with van der Waals surface area (Å²) < 4.78 is 0. The topological polar surface area (TPSA) is 42.9 Å². The molecule has 2 N–H and O–H groups in total. The highest BCUT2D eigenvalue weighted by molar-refractivity contribution is 14.0. The molecule has 0 aromatic carbocycles. The molecule has 1 fully saturated rings. The van der Waals surface area contributed by atoms with Gasteiger partial charge in [-0.2, -0.15) is 0 Å². The zero-order chi connectivity index (χ0) is 15.7. The Hall–Kier alpha value is -0.0800. The Kier molecular flexibility index (Phi) is 11.4. The number of halogens is 1. The molecule has 0 atom stereocenters. The average molecular weight is 425 g/mol. The average Bonchev–Trinajstić information content (AvgIpc) is 2.51. The number of nitrogens with zero attached hydrogens (tertiary/aromatic N) is 3. The first kappa shape index (κ1) is 21.9. The molecule has 0 aromatic heterocycles. The van der Waals surface area contributed by atoms with Crippen molar-refractivity contribution in [3.05, 3.63) is 0 Å². The molecule has 1 rings (SSSR count). The molecule has 132 valence electrons. The lowest BCUT2D eigenvalue weighted by Gasteiger charge is -2.41. The summed E-state index contributed by atoms with van der Waals surface area (Å²) in [7, 11) is 3.98. The number of likely N-dealkylation sites (tertiary alicyclic amines) is 1. The summed E-state index contributed by atoms with van der Waals surface area (Å²) in [6.45, 7) is 13.2. The number of guanidine groups is 1. The van der Waals surface area contributed by atoms with Gasteiger partial charge in [0.2, 0.25) is 0 Å². The highest BCUT2D eigenvalue weighted by atomic mass is 127. The van der Waals surface area contributed by atoms with E-state index in [1.165, 1.54) is 32.4 Å². The van der Waals surface area contributed by atoms with Crippen LogP contribution < -0.4 is 10.6 Å². The van der Waals surface area contributed by atoms with Gasteiger partial charge in [0.25, 0.3) is 0 Å². The lowest BCUT2D eigenvalue weighted by atomic mass is 9.98. The van der Waals surface area contributed by atoms with Crippen LogP contribution in [0.25, 0.3) is 0 Å². The van der Waals surface area contributed by atoms with Gasteiger partial charge in [-0.1, -0.05) is 13.3 Å². The Balaban J connectivity index is 0.00000441. The van der Waals surface area contributed by atoms with E-state index in [-0.39, 0.29) is 29.5 Å². The molecule has 6 heteroatoms. The Morgan fingerprint density at radius 2 is 1.82 bits per heavy atom. The highest BCUT2D eigenvalue weighted by Crippen LogP contribution is 2.19. The largest absolute Gasteiger partial charge is 0.355 e. The molecule has 0 saturated carbocycles. The fourth-order valence-corrected chi connectivity index (χ4v) is 2.65. The molecule has 0 amide bonds. The number of aliphatic imine (C=N–C) groups is 1. The van der Waals surface area contributed by atoms with Gasteiger partial charge in [0.1, 0.15) is 0 Å². The van der Waals surface area contributed by atoms with E-state index in [4.69, 9.17) is 0 Å². The van der Waals surface area contributed by atoms with Gasteiger partial charge in [-0.15, -0.1) is 24.0 Å². The van der Waals surface area contributed by atoms with Crippen molar-refractivity contribution in [2.24, 2.45) is 4.99 Å². The molecule has 5 nitrogen and oxygen atoms in total. The predicted molar refractivity (Wildman–Crippen MR) is 107 cm³/mol. The van der Waals surface area contributed by atoms with Crippen LogP contribution in [0.5, 0.6) is 0 Å². The van der Waals surface area contributed by atoms with Crippen molar-refractivity contribution >= 4 is 29.9 Å². The molecule has 1 saturated heterocycles. The summed E-state index contributed by atoms with van der Waals surface area (Å²) in [5.41, 5.74) is 0.179. The lowest BCUT2D eigenvalue weighted by Crippen LogP contribution is -2.55. The Morgan fingerprint density at radius 3 is 2.36 bits per heavy atom. The van der Waals surface area contributed by atoms with Crippen LogP contribution >= 0.6 is 24.0 Å². The first-order chi connectivity index (χ1) is 9.99. The molecule has 1 aliphatic rings. The Bertz CT molecular complexity index is 314. The molecular weight excluding hydrogens is 389 g/mol. The maximum atomic E-state index is 4.32. The van der Waals surface area contributed by atoms with Gasteiger partial charge in [0.05, 0.1) is 0 Å². The van der Waals surface area contributed by atoms with E-state index < -0.39 is 0 Å². The zero-order valence-electron chi connectivity index (χ0n) is 15.1. The fraction of sp³-hybridized carbons (Fsp3) is 0.938. The standard InChI is InChI=1S/C16H35N5.HI/c1-6-20(5)13-10-18-15(17-4)19-14-16(2,3)21-11-8-7-9-12-21;/h6-14H2,1-5H3,(H2,17,18,19);1H. The minimum atomic E-state index is 0. The van der Waals surface area contributed by atoms with Gasteiger partial charge in [-0.05, 0) is 53.4 Å². The van der Waals surface area contributed by atoms with Crippen molar-refractivity contribution in [3.63, 3.8) is 0 Å². The second-order valence-corrected chi connectivity index (χ2v) is 6.61. The third kappa shape index (κ3) is 7.97. The van der Waals surface area contributed by atoms with Crippen molar-refractivity contribution in [2.45, 2.75) is 45.6 Å². The van der Waals surface area contributed by atoms with Gasteiger partial charge in [0.15, 0.2) is 5.96 Å². The van der Waals surface area contributed by atoms with Crippen molar-refractivity contribution in [2.75, 3.05) is 53.4 Å². The van der Waals surface area contributed by atoms with Crippen LogP contribution in [0.3, 0.4) is 0 Å². The van der Waals surface area contributed by atoms with Crippen molar-refractivity contribution in [1.82, 2.24) is 20.4 Å². The number of piperidine rings is 1. The molecule has 0 radical (unpaired) electrons. The summed E-state index contributed by atoms with van der Waals surface area (Å²) >= 11 is 0. The Labute approximate surface area is 154 Å². The second-order valence-electron chi connectivity index (χ2n) is 6.61.